The minimum atomic E-state index is -7.42. The fourth-order valence-corrected chi connectivity index (χ4v) is 1.36. The molecule has 0 aliphatic rings. The third kappa shape index (κ3) is 3.55. The Labute approximate surface area is 108 Å². The predicted molar refractivity (Wildman–Crippen MR) is 40.5 cm³/mol. The van der Waals surface area contributed by atoms with Crippen molar-refractivity contribution in [1.82, 2.24) is 0 Å². The molecule has 0 rings (SSSR count). The molecule has 128 valence electrons. The van der Waals surface area contributed by atoms with Gasteiger partial charge in [-0.3, -0.25) is 0 Å². The van der Waals surface area contributed by atoms with Crippen LogP contribution in [0.5, 0.6) is 0 Å². The highest BCUT2D eigenvalue weighted by Gasteiger charge is 2.74. The van der Waals surface area contributed by atoms with Crippen LogP contribution in [0.4, 0.5) is 35.1 Å². The normalized spacial score (nSPS) is 20.8. The van der Waals surface area contributed by atoms with E-state index in [1.807, 2.05) is 0 Å². The van der Waals surface area contributed by atoms with E-state index in [0.717, 1.165) is 0 Å². The second-order valence-corrected chi connectivity index (χ2v) is 6.46. The van der Waals surface area contributed by atoms with Gasteiger partial charge in [0.1, 0.15) is 0 Å². The average molecular weight is 376 g/mol. The summed E-state index contributed by atoms with van der Waals surface area (Å²) in [7, 11) is -14.8. The lowest BCUT2D eigenvalue weighted by Crippen LogP contribution is -2.54. The van der Waals surface area contributed by atoms with Crippen molar-refractivity contribution in [3.63, 3.8) is 0 Å². The van der Waals surface area contributed by atoms with Crippen molar-refractivity contribution >= 4 is 15.2 Å². The van der Waals surface area contributed by atoms with Crippen LogP contribution in [-0.4, -0.2) is 33.3 Å². The lowest BCUT2D eigenvalue weighted by atomic mass is 10.6. The largest absolute Gasteiger partial charge is 0.774 e. The Morgan fingerprint density at radius 3 is 1.05 bits per heavy atom. The van der Waals surface area contributed by atoms with Gasteiger partial charge in [0, 0.05) is 0 Å². The molecule has 0 spiro atoms. The van der Waals surface area contributed by atoms with E-state index in [1.165, 1.54) is 0 Å². The minimum absolute atomic E-state index is 1.58. The SMILES string of the molecule is O=P([O-])(O)C(F)(F)C(F)(F)OC(F)(F)C(F)(F)P(=O)([O-])O. The van der Waals surface area contributed by atoms with Crippen molar-refractivity contribution in [1.29, 1.82) is 0 Å². The Kier molecular flexibility index (Phi) is 5.04. The zero-order chi connectivity index (χ0) is 17.7. The van der Waals surface area contributed by atoms with Gasteiger partial charge in [0.05, 0.1) is 0 Å². The van der Waals surface area contributed by atoms with Crippen LogP contribution in [0.25, 0.3) is 0 Å². The van der Waals surface area contributed by atoms with Crippen molar-refractivity contribution in [2.24, 2.45) is 0 Å². The topological polar surface area (TPSA) is 130 Å². The van der Waals surface area contributed by atoms with Crippen LogP contribution < -0.4 is 9.79 Å². The molecule has 17 heteroatoms. The zero-order valence-electron chi connectivity index (χ0n) is 8.85. The lowest BCUT2D eigenvalue weighted by Gasteiger charge is -2.37. The van der Waals surface area contributed by atoms with E-state index in [9.17, 15) is 54.0 Å². The molecule has 0 aromatic carbocycles. The summed E-state index contributed by atoms with van der Waals surface area (Å²) in [6, 6.07) is 0. The van der Waals surface area contributed by atoms with Crippen LogP contribution in [0.2, 0.25) is 0 Å². The van der Waals surface area contributed by atoms with E-state index in [2.05, 4.69) is 0 Å². The Hall–Kier alpha value is -0.300. The lowest BCUT2D eigenvalue weighted by molar-refractivity contribution is -0.452. The number of halogens is 8. The molecular weight excluding hydrogens is 374 g/mol. The molecule has 2 unspecified atom stereocenters. The maximum Gasteiger partial charge on any atom is 0.432 e. The Balaban J connectivity index is 5.76. The summed E-state index contributed by atoms with van der Waals surface area (Å²) in [4.78, 5) is 35.3. The highest BCUT2D eigenvalue weighted by Crippen LogP contribution is 2.63. The molecule has 0 heterocycles. The van der Waals surface area contributed by atoms with Gasteiger partial charge < -0.3 is 28.7 Å². The van der Waals surface area contributed by atoms with Gasteiger partial charge in [0.2, 0.25) is 15.2 Å². The van der Waals surface area contributed by atoms with Crippen molar-refractivity contribution < 1.29 is 68.6 Å². The summed E-state index contributed by atoms with van der Waals surface area (Å²) in [5.74, 6) is 0. The standard InChI is InChI=1S/C4H4F8O7P2/c5-1(6,3(9,10)20(13,14)15)19-2(7,8)4(11,12)21(16,17)18/h(H2,13,14,15)(H2,16,17,18)/p-2. The first-order valence-corrected chi connectivity index (χ1v) is 7.15. The highest BCUT2D eigenvalue weighted by atomic mass is 31.2. The van der Waals surface area contributed by atoms with Crippen molar-refractivity contribution in [3.8, 4) is 0 Å². The molecule has 0 fully saturated rings. The number of ether oxygens (including phenoxy) is 1. The number of alkyl halides is 8. The monoisotopic (exact) mass is 376 g/mol. The van der Waals surface area contributed by atoms with Gasteiger partial charge in [0.25, 0.3) is 0 Å². The molecule has 0 radical (unpaired) electrons. The molecule has 2 N–H and O–H groups in total. The van der Waals surface area contributed by atoms with Crippen LogP contribution in [-0.2, 0) is 13.9 Å². The van der Waals surface area contributed by atoms with Crippen LogP contribution >= 0.6 is 15.2 Å². The van der Waals surface area contributed by atoms with Crippen LogP contribution in [0, 0.1) is 0 Å². The third-order valence-electron chi connectivity index (χ3n) is 1.67. The maximum absolute atomic E-state index is 12.5. The van der Waals surface area contributed by atoms with Crippen molar-refractivity contribution in [2.75, 3.05) is 0 Å². The molecule has 7 nitrogen and oxygen atoms in total. The highest BCUT2D eigenvalue weighted by molar-refractivity contribution is 7.52. The third-order valence-corrected chi connectivity index (χ3v) is 3.61. The summed E-state index contributed by atoms with van der Waals surface area (Å²) in [5, 5.41) is 0. The summed E-state index contributed by atoms with van der Waals surface area (Å²) in [6.07, 6.45) is -13.9. The van der Waals surface area contributed by atoms with Gasteiger partial charge in [-0.25, -0.2) is 4.74 Å². The van der Waals surface area contributed by atoms with E-state index >= 15 is 0 Å². The number of hydrogen-bond donors (Lipinski definition) is 2. The molecule has 0 bridgehead atoms. The zero-order valence-corrected chi connectivity index (χ0v) is 10.6. The van der Waals surface area contributed by atoms with Gasteiger partial charge in [-0.1, -0.05) is 0 Å². The van der Waals surface area contributed by atoms with Gasteiger partial charge in [-0.2, -0.15) is 35.1 Å². The minimum Gasteiger partial charge on any atom is -0.774 e. The summed E-state index contributed by atoms with van der Waals surface area (Å²) >= 11 is 0. The molecule has 0 aromatic heterocycles. The summed E-state index contributed by atoms with van der Waals surface area (Å²) in [6.45, 7) is 0. The molecule has 0 aromatic rings. The smallest absolute Gasteiger partial charge is 0.432 e. The van der Waals surface area contributed by atoms with E-state index in [1.54, 1.807) is 4.74 Å². The molecule has 0 aliphatic carbocycles. The first kappa shape index (κ1) is 20.7. The van der Waals surface area contributed by atoms with Crippen LogP contribution in [0.15, 0.2) is 0 Å². The van der Waals surface area contributed by atoms with Gasteiger partial charge in [-0.05, 0) is 0 Å². The fraction of sp³-hybridized carbons (Fsp3) is 1.00. The maximum atomic E-state index is 12.5. The van der Waals surface area contributed by atoms with E-state index < -0.39 is 38.7 Å². The summed E-state index contributed by atoms with van der Waals surface area (Å²) in [5.41, 5.74) is -13.6. The Morgan fingerprint density at radius 2 is 0.905 bits per heavy atom. The molecule has 2 atom stereocenters. The molecule has 0 saturated heterocycles. The molecule has 0 amide bonds. The second-order valence-electron chi connectivity index (χ2n) is 3.26. The number of hydrogen-bond acceptors (Lipinski definition) is 5. The van der Waals surface area contributed by atoms with Gasteiger partial charge in [-0.15, -0.1) is 0 Å². The quantitative estimate of drug-likeness (QED) is 0.509. The predicted octanol–water partition coefficient (Wildman–Crippen LogP) is 0.466. The number of rotatable bonds is 6. The molecular formula is C4H2F8O7P2-2. The first-order valence-electron chi connectivity index (χ1n) is 4.00. The summed E-state index contributed by atoms with van der Waals surface area (Å²) < 4.78 is 121. The van der Waals surface area contributed by atoms with Crippen molar-refractivity contribution in [2.45, 2.75) is 23.5 Å². The first-order chi connectivity index (χ1) is 8.71. The molecule has 21 heavy (non-hydrogen) atoms. The Morgan fingerprint density at radius 1 is 0.714 bits per heavy atom. The molecule has 0 aliphatic heterocycles. The van der Waals surface area contributed by atoms with E-state index in [-0.39, 0.29) is 0 Å². The van der Waals surface area contributed by atoms with Crippen LogP contribution in [0.1, 0.15) is 0 Å². The van der Waals surface area contributed by atoms with Gasteiger partial charge >= 0.3 is 23.5 Å². The van der Waals surface area contributed by atoms with E-state index in [4.69, 9.17) is 9.79 Å². The average Bonchev–Trinajstić information content (AvgIpc) is 2.11. The van der Waals surface area contributed by atoms with Crippen LogP contribution in [0.3, 0.4) is 0 Å². The molecule has 0 saturated carbocycles. The van der Waals surface area contributed by atoms with Gasteiger partial charge in [0.15, 0.2) is 0 Å². The Bertz CT molecular complexity index is 449. The fourth-order valence-electron chi connectivity index (χ4n) is 0.613. The van der Waals surface area contributed by atoms with Crippen molar-refractivity contribution in [3.05, 3.63) is 0 Å². The van der Waals surface area contributed by atoms with E-state index in [0.29, 0.717) is 0 Å². The second kappa shape index (κ2) is 5.11.